The molecule has 60 valence electrons. The normalized spacial score (nSPS) is 13.0. The lowest BCUT2D eigenvalue weighted by molar-refractivity contribution is 0.769. The summed E-state index contributed by atoms with van der Waals surface area (Å²) in [4.78, 5) is 0. The summed E-state index contributed by atoms with van der Waals surface area (Å²) in [5, 5.41) is 0. The van der Waals surface area contributed by atoms with Crippen molar-refractivity contribution in [2.24, 2.45) is 5.73 Å². The minimum atomic E-state index is 0.314. The van der Waals surface area contributed by atoms with Crippen LogP contribution >= 0.6 is 11.8 Å². The Kier molecular flexibility index (Phi) is 7.20. The second-order valence-electron chi connectivity index (χ2n) is 2.36. The fraction of sp³-hybridized carbons (Fsp3) is 0.750. The highest BCUT2D eigenvalue weighted by molar-refractivity contribution is 7.99. The lowest BCUT2D eigenvalue weighted by Gasteiger charge is -2.06. The summed E-state index contributed by atoms with van der Waals surface area (Å²) in [5.41, 5.74) is 5.73. The monoisotopic (exact) mass is 159 g/mol. The molecule has 0 spiro atoms. The van der Waals surface area contributed by atoms with Gasteiger partial charge in [-0.05, 0) is 18.6 Å². The summed E-state index contributed by atoms with van der Waals surface area (Å²) < 4.78 is 0. The van der Waals surface area contributed by atoms with Gasteiger partial charge in [0.15, 0.2) is 0 Å². The second-order valence-corrected chi connectivity index (χ2v) is 3.51. The van der Waals surface area contributed by atoms with E-state index in [-0.39, 0.29) is 0 Å². The molecule has 0 saturated carbocycles. The van der Waals surface area contributed by atoms with Crippen LogP contribution in [0.5, 0.6) is 0 Å². The first kappa shape index (κ1) is 10.0. The topological polar surface area (TPSA) is 26.0 Å². The van der Waals surface area contributed by atoms with Gasteiger partial charge in [0.2, 0.25) is 0 Å². The fourth-order valence-corrected chi connectivity index (χ4v) is 1.56. The van der Waals surface area contributed by atoms with E-state index >= 15 is 0 Å². The molecule has 0 aromatic carbocycles. The quantitative estimate of drug-likeness (QED) is 0.474. The maximum atomic E-state index is 5.73. The van der Waals surface area contributed by atoms with Gasteiger partial charge in [0.05, 0.1) is 0 Å². The van der Waals surface area contributed by atoms with Crippen molar-refractivity contribution in [3.05, 3.63) is 12.7 Å². The van der Waals surface area contributed by atoms with Gasteiger partial charge in [0.1, 0.15) is 0 Å². The van der Waals surface area contributed by atoms with Crippen LogP contribution < -0.4 is 5.73 Å². The molecular weight excluding hydrogens is 142 g/mol. The molecule has 0 heterocycles. The molecule has 1 atom stereocenters. The molecule has 0 saturated heterocycles. The highest BCUT2D eigenvalue weighted by Gasteiger charge is 1.97. The molecule has 0 fully saturated rings. The summed E-state index contributed by atoms with van der Waals surface area (Å²) in [5.74, 6) is 2.30. The molecule has 0 aliphatic heterocycles. The Morgan fingerprint density at radius 3 is 2.90 bits per heavy atom. The number of thioether (sulfide) groups is 1. The van der Waals surface area contributed by atoms with Gasteiger partial charge < -0.3 is 5.73 Å². The van der Waals surface area contributed by atoms with Crippen molar-refractivity contribution in [1.29, 1.82) is 0 Å². The molecular formula is C8H17NS. The molecule has 2 heteroatoms. The Morgan fingerprint density at radius 1 is 1.70 bits per heavy atom. The molecule has 0 aliphatic carbocycles. The van der Waals surface area contributed by atoms with Crippen LogP contribution in [0.2, 0.25) is 0 Å². The summed E-state index contributed by atoms with van der Waals surface area (Å²) in [6.45, 7) is 5.83. The number of rotatable bonds is 6. The number of hydrogen-bond donors (Lipinski definition) is 1. The minimum Gasteiger partial charge on any atom is -0.327 e. The predicted octanol–water partition coefficient (Wildman–Crippen LogP) is 2.03. The Hall–Kier alpha value is 0.0500. The molecule has 0 rings (SSSR count). The largest absolute Gasteiger partial charge is 0.327 e. The Balaban J connectivity index is 3.04. The third kappa shape index (κ3) is 6.17. The van der Waals surface area contributed by atoms with Gasteiger partial charge in [-0.2, -0.15) is 11.8 Å². The summed E-state index contributed by atoms with van der Waals surface area (Å²) >= 11 is 1.93. The highest BCUT2D eigenvalue weighted by atomic mass is 32.2. The van der Waals surface area contributed by atoms with Gasteiger partial charge in [-0.15, -0.1) is 6.58 Å². The van der Waals surface area contributed by atoms with E-state index in [1.165, 1.54) is 12.2 Å². The SMILES string of the molecule is C=CCC(N)CSCCC. The molecule has 1 nitrogen and oxygen atoms in total. The van der Waals surface area contributed by atoms with Crippen molar-refractivity contribution >= 4 is 11.8 Å². The highest BCUT2D eigenvalue weighted by Crippen LogP contribution is 2.05. The van der Waals surface area contributed by atoms with Gasteiger partial charge >= 0.3 is 0 Å². The van der Waals surface area contributed by atoms with Crippen LogP contribution in [0.1, 0.15) is 19.8 Å². The zero-order chi connectivity index (χ0) is 7.82. The van der Waals surface area contributed by atoms with Crippen LogP contribution in [0.4, 0.5) is 0 Å². The third-order valence-corrected chi connectivity index (χ3v) is 2.51. The summed E-state index contributed by atoms with van der Waals surface area (Å²) in [6.07, 6.45) is 4.07. The Morgan fingerprint density at radius 2 is 2.40 bits per heavy atom. The molecule has 0 radical (unpaired) electrons. The van der Waals surface area contributed by atoms with Crippen molar-refractivity contribution in [3.8, 4) is 0 Å². The van der Waals surface area contributed by atoms with Gasteiger partial charge in [-0.25, -0.2) is 0 Å². The van der Waals surface area contributed by atoms with E-state index in [1.54, 1.807) is 0 Å². The Bertz CT molecular complexity index is 83.3. The van der Waals surface area contributed by atoms with Crippen molar-refractivity contribution in [2.75, 3.05) is 11.5 Å². The van der Waals surface area contributed by atoms with E-state index in [4.69, 9.17) is 5.73 Å². The molecule has 0 bridgehead atoms. The summed E-state index contributed by atoms with van der Waals surface area (Å²) in [6, 6.07) is 0.314. The van der Waals surface area contributed by atoms with Crippen LogP contribution in [0.3, 0.4) is 0 Å². The van der Waals surface area contributed by atoms with Crippen molar-refractivity contribution in [1.82, 2.24) is 0 Å². The molecule has 10 heavy (non-hydrogen) atoms. The molecule has 0 aromatic heterocycles. The molecule has 0 amide bonds. The zero-order valence-electron chi connectivity index (χ0n) is 6.68. The Labute approximate surface area is 68.1 Å². The molecule has 0 aromatic rings. The zero-order valence-corrected chi connectivity index (χ0v) is 7.49. The minimum absolute atomic E-state index is 0.314. The average Bonchev–Trinajstić information content (AvgIpc) is 1.89. The van der Waals surface area contributed by atoms with Crippen molar-refractivity contribution in [3.63, 3.8) is 0 Å². The molecule has 1 unspecified atom stereocenters. The van der Waals surface area contributed by atoms with Crippen LogP contribution in [-0.4, -0.2) is 17.5 Å². The maximum absolute atomic E-state index is 5.73. The number of nitrogens with two attached hydrogens (primary N) is 1. The van der Waals surface area contributed by atoms with Gasteiger partial charge in [-0.3, -0.25) is 0 Å². The first-order valence-electron chi connectivity index (χ1n) is 3.75. The van der Waals surface area contributed by atoms with Crippen LogP contribution in [0.25, 0.3) is 0 Å². The van der Waals surface area contributed by atoms with Gasteiger partial charge in [0, 0.05) is 11.8 Å². The maximum Gasteiger partial charge on any atom is 0.0165 e. The lowest BCUT2D eigenvalue weighted by Crippen LogP contribution is -2.21. The van der Waals surface area contributed by atoms with Crippen molar-refractivity contribution < 1.29 is 0 Å². The fourth-order valence-electron chi connectivity index (χ4n) is 0.661. The average molecular weight is 159 g/mol. The lowest BCUT2D eigenvalue weighted by atomic mass is 10.2. The van der Waals surface area contributed by atoms with Gasteiger partial charge in [-0.1, -0.05) is 13.0 Å². The van der Waals surface area contributed by atoms with E-state index in [1.807, 2.05) is 17.8 Å². The molecule has 0 aliphatic rings. The van der Waals surface area contributed by atoms with Gasteiger partial charge in [0.25, 0.3) is 0 Å². The first-order valence-corrected chi connectivity index (χ1v) is 4.91. The number of hydrogen-bond acceptors (Lipinski definition) is 2. The van der Waals surface area contributed by atoms with E-state index in [0.717, 1.165) is 12.2 Å². The molecule has 2 N–H and O–H groups in total. The standard InChI is InChI=1S/C8H17NS/c1-3-5-8(9)7-10-6-4-2/h3,8H,1,4-7,9H2,2H3. The van der Waals surface area contributed by atoms with Crippen LogP contribution in [0, 0.1) is 0 Å². The van der Waals surface area contributed by atoms with Crippen molar-refractivity contribution in [2.45, 2.75) is 25.8 Å². The first-order chi connectivity index (χ1) is 4.81. The van der Waals surface area contributed by atoms with E-state index in [9.17, 15) is 0 Å². The predicted molar refractivity (Wildman–Crippen MR) is 50.4 cm³/mol. The summed E-state index contributed by atoms with van der Waals surface area (Å²) in [7, 11) is 0. The third-order valence-electron chi connectivity index (χ3n) is 1.15. The van der Waals surface area contributed by atoms with Crippen LogP contribution in [-0.2, 0) is 0 Å². The second kappa shape index (κ2) is 7.16. The van der Waals surface area contributed by atoms with E-state index in [0.29, 0.717) is 6.04 Å². The van der Waals surface area contributed by atoms with E-state index in [2.05, 4.69) is 13.5 Å². The smallest absolute Gasteiger partial charge is 0.0165 e. The van der Waals surface area contributed by atoms with E-state index < -0.39 is 0 Å². The van der Waals surface area contributed by atoms with Crippen LogP contribution in [0.15, 0.2) is 12.7 Å².